The molecular weight excluding hydrogens is 346 g/mol. The number of methoxy groups -OCH3 is 1. The highest BCUT2D eigenvalue weighted by molar-refractivity contribution is 5.39. The fraction of sp³-hybridized carbons (Fsp3) is 0.474. The summed E-state index contributed by atoms with van der Waals surface area (Å²) < 4.78 is 16.2. The van der Waals surface area contributed by atoms with Crippen LogP contribution < -0.4 is 20.1 Å². The number of aromatic nitrogens is 2. The zero-order valence-electron chi connectivity index (χ0n) is 15.7. The van der Waals surface area contributed by atoms with Gasteiger partial charge in [-0.2, -0.15) is 4.98 Å². The van der Waals surface area contributed by atoms with E-state index in [-0.39, 0.29) is 0 Å². The number of anilines is 2. The maximum atomic E-state index is 5.68. The molecule has 8 nitrogen and oxygen atoms in total. The average molecular weight is 373 g/mol. The largest absolute Gasteiger partial charge is 0.497 e. The van der Waals surface area contributed by atoms with Crippen LogP contribution in [0.4, 0.5) is 11.8 Å². The van der Waals surface area contributed by atoms with Crippen LogP contribution in [0.5, 0.6) is 11.5 Å². The van der Waals surface area contributed by atoms with Gasteiger partial charge in [-0.25, -0.2) is 4.98 Å². The van der Waals surface area contributed by atoms with Crippen LogP contribution in [-0.4, -0.2) is 74.5 Å². The molecule has 0 atom stereocenters. The van der Waals surface area contributed by atoms with E-state index in [0.717, 1.165) is 56.7 Å². The Balaban J connectivity index is 1.35. The fourth-order valence-corrected chi connectivity index (χ4v) is 2.71. The van der Waals surface area contributed by atoms with Gasteiger partial charge in [0.2, 0.25) is 5.95 Å². The zero-order valence-corrected chi connectivity index (χ0v) is 15.7. The first-order valence-electron chi connectivity index (χ1n) is 9.21. The van der Waals surface area contributed by atoms with Crippen LogP contribution in [0.1, 0.15) is 0 Å². The normalized spacial score (nSPS) is 14.6. The molecule has 2 heterocycles. The van der Waals surface area contributed by atoms with Gasteiger partial charge in [-0.05, 0) is 30.3 Å². The second-order valence-electron chi connectivity index (χ2n) is 6.10. The molecule has 0 spiro atoms. The summed E-state index contributed by atoms with van der Waals surface area (Å²) in [5, 5.41) is 6.52. The van der Waals surface area contributed by atoms with Gasteiger partial charge in [0.15, 0.2) is 0 Å². The van der Waals surface area contributed by atoms with Crippen molar-refractivity contribution in [2.24, 2.45) is 0 Å². The molecule has 1 aliphatic rings. The van der Waals surface area contributed by atoms with Crippen LogP contribution in [0.3, 0.4) is 0 Å². The highest BCUT2D eigenvalue weighted by atomic mass is 16.5. The molecule has 146 valence electrons. The van der Waals surface area contributed by atoms with E-state index < -0.39 is 0 Å². The van der Waals surface area contributed by atoms with Crippen LogP contribution in [0.2, 0.25) is 0 Å². The molecule has 0 aliphatic carbocycles. The Hall–Kier alpha value is -2.58. The first-order valence-corrected chi connectivity index (χ1v) is 9.21. The van der Waals surface area contributed by atoms with Crippen molar-refractivity contribution >= 4 is 11.8 Å². The standard InChI is InChI=1S/C19H27N5O3/c1-25-16-2-4-17(5-3-16)27-13-9-22-19-21-7-6-18(23-19)20-8-10-24-11-14-26-15-12-24/h2-7H,8-15H2,1H3,(H2,20,21,22,23). The summed E-state index contributed by atoms with van der Waals surface area (Å²) in [5.41, 5.74) is 0. The second-order valence-corrected chi connectivity index (χ2v) is 6.10. The predicted molar refractivity (Wildman–Crippen MR) is 105 cm³/mol. The monoisotopic (exact) mass is 373 g/mol. The van der Waals surface area contributed by atoms with Crippen molar-refractivity contribution in [3.8, 4) is 11.5 Å². The Morgan fingerprint density at radius 3 is 2.59 bits per heavy atom. The minimum absolute atomic E-state index is 0.518. The summed E-state index contributed by atoms with van der Waals surface area (Å²) in [4.78, 5) is 11.1. The van der Waals surface area contributed by atoms with E-state index >= 15 is 0 Å². The molecule has 0 radical (unpaired) electrons. The van der Waals surface area contributed by atoms with Crippen molar-refractivity contribution in [2.45, 2.75) is 0 Å². The van der Waals surface area contributed by atoms with E-state index in [4.69, 9.17) is 14.2 Å². The molecule has 0 saturated carbocycles. The van der Waals surface area contributed by atoms with Crippen molar-refractivity contribution in [1.82, 2.24) is 14.9 Å². The summed E-state index contributed by atoms with van der Waals surface area (Å²) >= 11 is 0. The van der Waals surface area contributed by atoms with Crippen molar-refractivity contribution in [3.05, 3.63) is 36.5 Å². The van der Waals surface area contributed by atoms with E-state index in [1.165, 1.54) is 0 Å². The summed E-state index contributed by atoms with van der Waals surface area (Å²) in [6, 6.07) is 9.39. The number of hydrogen-bond donors (Lipinski definition) is 2. The third kappa shape index (κ3) is 6.58. The Morgan fingerprint density at radius 2 is 1.81 bits per heavy atom. The number of ether oxygens (including phenoxy) is 3. The first-order chi connectivity index (χ1) is 13.3. The SMILES string of the molecule is COc1ccc(OCCNc2nccc(NCCN3CCOCC3)n2)cc1. The highest BCUT2D eigenvalue weighted by Crippen LogP contribution is 2.16. The van der Waals surface area contributed by atoms with Crippen LogP contribution >= 0.6 is 0 Å². The molecule has 1 aromatic carbocycles. The van der Waals surface area contributed by atoms with E-state index in [2.05, 4.69) is 25.5 Å². The van der Waals surface area contributed by atoms with Crippen LogP contribution in [0, 0.1) is 0 Å². The molecule has 2 N–H and O–H groups in total. The maximum absolute atomic E-state index is 5.68. The topological polar surface area (TPSA) is 80.8 Å². The minimum atomic E-state index is 0.518. The van der Waals surface area contributed by atoms with Crippen LogP contribution in [0.15, 0.2) is 36.5 Å². The van der Waals surface area contributed by atoms with Crippen molar-refractivity contribution < 1.29 is 14.2 Å². The Bertz CT molecular complexity index is 677. The maximum Gasteiger partial charge on any atom is 0.224 e. The lowest BCUT2D eigenvalue weighted by Crippen LogP contribution is -2.39. The van der Waals surface area contributed by atoms with Crippen LogP contribution in [0.25, 0.3) is 0 Å². The number of morpholine rings is 1. The smallest absolute Gasteiger partial charge is 0.224 e. The average Bonchev–Trinajstić information content (AvgIpc) is 2.73. The molecule has 1 aliphatic heterocycles. The lowest BCUT2D eigenvalue weighted by atomic mass is 10.3. The Labute approximate surface area is 159 Å². The second kappa shape index (κ2) is 10.5. The Kier molecular flexibility index (Phi) is 7.49. The van der Waals surface area contributed by atoms with E-state index in [9.17, 15) is 0 Å². The molecule has 1 fully saturated rings. The third-order valence-corrected chi connectivity index (χ3v) is 4.21. The molecule has 1 saturated heterocycles. The van der Waals surface area contributed by atoms with Gasteiger partial charge in [0.05, 0.1) is 26.9 Å². The number of hydrogen-bond acceptors (Lipinski definition) is 8. The highest BCUT2D eigenvalue weighted by Gasteiger charge is 2.09. The first kappa shape index (κ1) is 19.2. The van der Waals surface area contributed by atoms with Gasteiger partial charge in [0.1, 0.15) is 23.9 Å². The van der Waals surface area contributed by atoms with E-state index in [1.54, 1.807) is 13.3 Å². The number of nitrogens with one attached hydrogen (secondary N) is 2. The van der Waals surface area contributed by atoms with Crippen molar-refractivity contribution in [2.75, 3.05) is 70.3 Å². The quantitative estimate of drug-likeness (QED) is 0.610. The molecular formula is C19H27N5O3. The van der Waals surface area contributed by atoms with Gasteiger partial charge in [0, 0.05) is 32.4 Å². The lowest BCUT2D eigenvalue weighted by Gasteiger charge is -2.26. The van der Waals surface area contributed by atoms with Crippen LogP contribution in [-0.2, 0) is 4.74 Å². The van der Waals surface area contributed by atoms with Gasteiger partial charge < -0.3 is 24.8 Å². The molecule has 0 bridgehead atoms. The molecule has 0 unspecified atom stereocenters. The Morgan fingerprint density at radius 1 is 1.04 bits per heavy atom. The van der Waals surface area contributed by atoms with Gasteiger partial charge in [-0.1, -0.05) is 0 Å². The fourth-order valence-electron chi connectivity index (χ4n) is 2.71. The minimum Gasteiger partial charge on any atom is -0.497 e. The van der Waals surface area contributed by atoms with Gasteiger partial charge in [-0.3, -0.25) is 4.90 Å². The number of benzene rings is 1. The number of rotatable bonds is 10. The molecule has 2 aromatic rings. The van der Waals surface area contributed by atoms with Gasteiger partial charge in [0.25, 0.3) is 0 Å². The summed E-state index contributed by atoms with van der Waals surface area (Å²) in [6.07, 6.45) is 1.75. The summed E-state index contributed by atoms with van der Waals surface area (Å²) in [6.45, 7) is 6.58. The molecule has 27 heavy (non-hydrogen) atoms. The molecule has 3 rings (SSSR count). The molecule has 8 heteroatoms. The predicted octanol–water partition coefficient (Wildman–Crippen LogP) is 1.72. The van der Waals surface area contributed by atoms with Gasteiger partial charge in [-0.15, -0.1) is 0 Å². The van der Waals surface area contributed by atoms with E-state index in [1.807, 2.05) is 30.3 Å². The molecule has 0 amide bonds. The van der Waals surface area contributed by atoms with Crippen molar-refractivity contribution in [1.29, 1.82) is 0 Å². The van der Waals surface area contributed by atoms with Gasteiger partial charge >= 0.3 is 0 Å². The van der Waals surface area contributed by atoms with Crippen molar-refractivity contribution in [3.63, 3.8) is 0 Å². The third-order valence-electron chi connectivity index (χ3n) is 4.21. The number of nitrogens with zero attached hydrogens (tertiary/aromatic N) is 3. The molecule has 1 aromatic heterocycles. The zero-order chi connectivity index (χ0) is 18.7. The van der Waals surface area contributed by atoms with E-state index in [0.29, 0.717) is 19.1 Å². The summed E-state index contributed by atoms with van der Waals surface area (Å²) in [7, 11) is 1.64. The lowest BCUT2D eigenvalue weighted by molar-refractivity contribution is 0.0398. The summed E-state index contributed by atoms with van der Waals surface area (Å²) in [5.74, 6) is 3.02.